The topological polar surface area (TPSA) is 63.2 Å². The molecule has 0 radical (unpaired) electrons. The van der Waals surface area contributed by atoms with E-state index < -0.39 is 0 Å². The van der Waals surface area contributed by atoms with Crippen LogP contribution in [-0.4, -0.2) is 37.2 Å². The average Bonchev–Trinajstić information content (AvgIpc) is 3.17. The number of hydrogen-bond donors (Lipinski definition) is 2. The Morgan fingerprint density at radius 3 is 2.82 bits per heavy atom. The summed E-state index contributed by atoms with van der Waals surface area (Å²) in [6.07, 6.45) is 7.17. The number of carbonyl (C=O) groups excluding carboxylic acids is 1. The first kappa shape index (κ1) is 20.8. The lowest BCUT2D eigenvalue weighted by atomic mass is 9.84. The highest BCUT2D eigenvalue weighted by atomic mass is 32.1. The van der Waals surface area contributed by atoms with Crippen molar-refractivity contribution in [3.63, 3.8) is 0 Å². The highest BCUT2D eigenvalue weighted by Gasteiger charge is 2.25. The lowest BCUT2D eigenvalue weighted by molar-refractivity contribution is -0.122. The molecule has 6 heteroatoms. The highest BCUT2D eigenvalue weighted by molar-refractivity contribution is 7.14. The molecule has 0 spiro atoms. The molecule has 2 aromatic rings. The summed E-state index contributed by atoms with van der Waals surface area (Å²) in [7, 11) is 1.65. The Hall–Kier alpha value is -1.92. The van der Waals surface area contributed by atoms with E-state index >= 15 is 0 Å². The minimum Gasteiger partial charge on any atom is -0.383 e. The van der Waals surface area contributed by atoms with E-state index in [9.17, 15) is 4.79 Å². The average molecular weight is 402 g/mol. The zero-order valence-corrected chi connectivity index (χ0v) is 17.7. The number of amides is 1. The monoisotopic (exact) mass is 401 g/mol. The highest BCUT2D eigenvalue weighted by Crippen LogP contribution is 2.30. The third-order valence-corrected chi connectivity index (χ3v) is 6.21. The number of aryl methyl sites for hydroxylation is 1. The van der Waals surface area contributed by atoms with E-state index in [1.54, 1.807) is 18.4 Å². The first-order valence-electron chi connectivity index (χ1n) is 10.2. The van der Waals surface area contributed by atoms with Gasteiger partial charge >= 0.3 is 0 Å². The smallest absolute Gasteiger partial charge is 0.242 e. The van der Waals surface area contributed by atoms with Crippen LogP contribution in [0.1, 0.15) is 44.1 Å². The molecule has 28 heavy (non-hydrogen) atoms. The van der Waals surface area contributed by atoms with Crippen LogP contribution in [0.4, 0.5) is 5.13 Å². The molecule has 1 aliphatic rings. The van der Waals surface area contributed by atoms with E-state index in [2.05, 4.69) is 35.1 Å². The largest absolute Gasteiger partial charge is 0.383 e. The van der Waals surface area contributed by atoms with Crippen molar-refractivity contribution in [2.75, 3.05) is 25.6 Å². The van der Waals surface area contributed by atoms with E-state index in [0.717, 1.165) is 22.8 Å². The maximum Gasteiger partial charge on any atom is 0.242 e. The molecule has 1 atom stereocenters. The van der Waals surface area contributed by atoms with Crippen LogP contribution in [-0.2, 0) is 9.53 Å². The predicted octanol–water partition coefficient (Wildman–Crippen LogP) is 4.63. The molecule has 0 unspecified atom stereocenters. The van der Waals surface area contributed by atoms with Gasteiger partial charge in [0, 0.05) is 24.6 Å². The maximum absolute atomic E-state index is 12.8. The van der Waals surface area contributed by atoms with Gasteiger partial charge < -0.3 is 15.4 Å². The van der Waals surface area contributed by atoms with Gasteiger partial charge in [-0.3, -0.25) is 4.79 Å². The van der Waals surface area contributed by atoms with Crippen molar-refractivity contribution < 1.29 is 9.53 Å². The third kappa shape index (κ3) is 5.79. The third-order valence-electron chi connectivity index (χ3n) is 5.44. The van der Waals surface area contributed by atoms with Gasteiger partial charge in [0.15, 0.2) is 5.13 Å². The van der Waals surface area contributed by atoms with E-state index in [0.29, 0.717) is 19.1 Å². The van der Waals surface area contributed by atoms with E-state index in [1.807, 2.05) is 12.1 Å². The Bertz CT molecular complexity index is 756. The van der Waals surface area contributed by atoms with Gasteiger partial charge in [-0.1, -0.05) is 56.4 Å². The predicted molar refractivity (Wildman–Crippen MR) is 116 cm³/mol. The molecule has 0 saturated heterocycles. The van der Waals surface area contributed by atoms with Crippen molar-refractivity contribution in [3.05, 3.63) is 35.2 Å². The number of carbonyl (C=O) groups is 1. The summed E-state index contributed by atoms with van der Waals surface area (Å²) in [4.78, 5) is 17.5. The van der Waals surface area contributed by atoms with Crippen LogP contribution in [0.15, 0.2) is 29.6 Å². The van der Waals surface area contributed by atoms with Gasteiger partial charge in [0.05, 0.1) is 12.3 Å². The summed E-state index contributed by atoms with van der Waals surface area (Å²) in [6, 6.07) is 8.00. The minimum atomic E-state index is -0.254. The zero-order chi connectivity index (χ0) is 19.8. The van der Waals surface area contributed by atoms with Crippen molar-refractivity contribution >= 4 is 22.4 Å². The molecule has 1 heterocycles. The number of hydrogen-bond acceptors (Lipinski definition) is 5. The maximum atomic E-state index is 12.8. The quantitative estimate of drug-likeness (QED) is 0.601. The van der Waals surface area contributed by atoms with Crippen LogP contribution in [0.5, 0.6) is 0 Å². The molecular formula is C22H31N3O2S. The number of thiazole rings is 1. The fraction of sp³-hybridized carbons (Fsp3) is 0.545. The molecule has 3 rings (SSSR count). The van der Waals surface area contributed by atoms with Gasteiger partial charge in [-0.15, -0.1) is 11.3 Å². The first-order valence-corrected chi connectivity index (χ1v) is 11.1. The minimum absolute atomic E-state index is 0.0373. The van der Waals surface area contributed by atoms with Gasteiger partial charge in [-0.05, 0) is 24.8 Å². The fourth-order valence-corrected chi connectivity index (χ4v) is 4.62. The molecule has 1 aromatic carbocycles. The molecule has 1 fully saturated rings. The van der Waals surface area contributed by atoms with E-state index in [1.165, 1.54) is 37.7 Å². The number of benzene rings is 1. The molecule has 0 aliphatic heterocycles. The van der Waals surface area contributed by atoms with Crippen LogP contribution in [0.3, 0.4) is 0 Å². The molecule has 152 valence electrons. The summed E-state index contributed by atoms with van der Waals surface area (Å²) in [5, 5.41) is 9.28. The molecule has 2 N–H and O–H groups in total. The first-order chi connectivity index (χ1) is 13.7. The normalized spacial score (nSPS) is 15.9. The fourth-order valence-electron chi connectivity index (χ4n) is 3.86. The second-order valence-electron chi connectivity index (χ2n) is 7.57. The van der Waals surface area contributed by atoms with Crippen molar-refractivity contribution in [1.82, 2.24) is 10.3 Å². The number of nitrogens with zero attached hydrogens (tertiary/aromatic N) is 1. The van der Waals surface area contributed by atoms with E-state index in [-0.39, 0.29) is 11.9 Å². The van der Waals surface area contributed by atoms with Crippen molar-refractivity contribution in [2.24, 2.45) is 5.92 Å². The van der Waals surface area contributed by atoms with Gasteiger partial charge in [0.25, 0.3) is 0 Å². The molecule has 1 amide bonds. The standard InChI is InChI=1S/C22H31N3O2S/c1-16-8-6-7-11-18(16)20-15-28-22(25-20)24-19(21(26)23-12-13-27-2)14-17-9-4-3-5-10-17/h6-8,11,15,17,19H,3-5,9-10,12-14H2,1-2H3,(H,23,26)(H,24,25)/t19-/m0/s1. The number of aromatic nitrogens is 1. The Labute approximate surface area is 171 Å². The number of anilines is 1. The lowest BCUT2D eigenvalue weighted by Gasteiger charge is -2.26. The number of nitrogens with one attached hydrogen (secondary N) is 2. The van der Waals surface area contributed by atoms with Gasteiger partial charge in [-0.25, -0.2) is 4.98 Å². The van der Waals surface area contributed by atoms with Crippen LogP contribution in [0.2, 0.25) is 0 Å². The van der Waals surface area contributed by atoms with Gasteiger partial charge in [0.1, 0.15) is 6.04 Å². The Morgan fingerprint density at radius 1 is 1.29 bits per heavy atom. The summed E-state index contributed by atoms with van der Waals surface area (Å²) in [6.45, 7) is 3.15. The lowest BCUT2D eigenvalue weighted by Crippen LogP contribution is -2.42. The summed E-state index contributed by atoms with van der Waals surface area (Å²) in [5.41, 5.74) is 3.30. The molecule has 1 saturated carbocycles. The van der Waals surface area contributed by atoms with Crippen LogP contribution in [0.25, 0.3) is 11.3 Å². The molecule has 1 aromatic heterocycles. The van der Waals surface area contributed by atoms with Crippen molar-refractivity contribution in [2.45, 2.75) is 51.5 Å². The summed E-state index contributed by atoms with van der Waals surface area (Å²) < 4.78 is 5.06. The zero-order valence-electron chi connectivity index (χ0n) is 16.9. The molecule has 1 aliphatic carbocycles. The number of methoxy groups -OCH3 is 1. The second-order valence-corrected chi connectivity index (χ2v) is 8.43. The molecule has 5 nitrogen and oxygen atoms in total. The van der Waals surface area contributed by atoms with Crippen molar-refractivity contribution in [3.8, 4) is 11.3 Å². The van der Waals surface area contributed by atoms with Gasteiger partial charge in [-0.2, -0.15) is 0 Å². The van der Waals surface area contributed by atoms with Crippen LogP contribution in [0, 0.1) is 12.8 Å². The SMILES string of the molecule is COCCNC(=O)[C@H](CC1CCCCC1)Nc1nc(-c2ccccc2C)cs1. The Balaban J connectivity index is 1.69. The summed E-state index contributed by atoms with van der Waals surface area (Å²) in [5.74, 6) is 0.644. The van der Waals surface area contributed by atoms with Crippen molar-refractivity contribution in [1.29, 1.82) is 0 Å². The summed E-state index contributed by atoms with van der Waals surface area (Å²) >= 11 is 1.56. The molecule has 0 bridgehead atoms. The number of ether oxygens (including phenoxy) is 1. The van der Waals surface area contributed by atoms with Gasteiger partial charge in [0.2, 0.25) is 5.91 Å². The van der Waals surface area contributed by atoms with Crippen LogP contribution < -0.4 is 10.6 Å². The Kier molecular flexibility index (Phi) is 7.86. The Morgan fingerprint density at radius 2 is 2.07 bits per heavy atom. The molecular weight excluding hydrogens is 370 g/mol. The second kappa shape index (κ2) is 10.6. The number of rotatable bonds is 9. The van der Waals surface area contributed by atoms with E-state index in [4.69, 9.17) is 9.72 Å². The van der Waals surface area contributed by atoms with Crippen LogP contribution >= 0.6 is 11.3 Å².